The molecule has 4 heteroatoms. The number of hydrogen-bond donors (Lipinski definition) is 2. The van der Waals surface area contributed by atoms with Crippen molar-refractivity contribution in [2.75, 3.05) is 0 Å². The molecule has 0 radical (unpaired) electrons. The van der Waals surface area contributed by atoms with Crippen LogP contribution in [-0.2, 0) is 6.54 Å². The van der Waals surface area contributed by atoms with Crippen LogP contribution in [0.15, 0.2) is 10.5 Å². The first-order valence-corrected chi connectivity index (χ1v) is 4.46. The molecule has 1 aromatic rings. The average Bonchev–Trinajstić information content (AvgIpc) is 2.13. The summed E-state index contributed by atoms with van der Waals surface area (Å²) >= 11 is 5.05. The maximum Gasteiger partial charge on any atom is 0.0563 e. The molecule has 0 fully saturated rings. The minimum atomic E-state index is 0.513. The first-order valence-electron chi connectivity index (χ1n) is 2.86. The van der Waals surface area contributed by atoms with Crippen LogP contribution in [0.4, 0.5) is 0 Å². The third-order valence-electron chi connectivity index (χ3n) is 1.12. The van der Waals surface area contributed by atoms with E-state index in [2.05, 4.69) is 21.4 Å². The molecule has 0 aliphatic rings. The van der Waals surface area contributed by atoms with Gasteiger partial charge in [0.2, 0.25) is 0 Å². The molecule has 0 saturated heterocycles. The lowest BCUT2D eigenvalue weighted by atomic mass is 10.4. The fraction of sp³-hybridized carbons (Fsp3) is 0.333. The highest BCUT2D eigenvalue weighted by atomic mass is 79.9. The lowest BCUT2D eigenvalue weighted by Crippen LogP contribution is -2.04. The van der Waals surface area contributed by atoms with E-state index >= 15 is 0 Å². The van der Waals surface area contributed by atoms with Gasteiger partial charge in [-0.05, 0) is 28.9 Å². The summed E-state index contributed by atoms with van der Waals surface area (Å²) in [5, 5.41) is 8.39. The maximum atomic E-state index is 8.39. The van der Waals surface area contributed by atoms with Crippen molar-refractivity contribution in [3.05, 3.63) is 20.3 Å². The van der Waals surface area contributed by atoms with E-state index in [1.54, 1.807) is 11.3 Å². The molecule has 56 valence electrons. The summed E-state index contributed by atoms with van der Waals surface area (Å²) in [5.41, 5.74) is 2.12. The van der Waals surface area contributed by atoms with Crippen molar-refractivity contribution < 1.29 is 5.21 Å². The Morgan fingerprint density at radius 1 is 1.80 bits per heavy atom. The molecule has 1 heterocycles. The summed E-state index contributed by atoms with van der Waals surface area (Å²) < 4.78 is 1.07. The zero-order valence-corrected chi connectivity index (χ0v) is 7.92. The van der Waals surface area contributed by atoms with E-state index in [1.165, 1.54) is 4.88 Å². The minimum absolute atomic E-state index is 0.513. The predicted molar refractivity (Wildman–Crippen MR) is 45.4 cm³/mol. The number of thiophene rings is 1. The van der Waals surface area contributed by atoms with Gasteiger partial charge in [0.05, 0.1) is 6.54 Å². The third-order valence-corrected chi connectivity index (χ3v) is 3.14. The van der Waals surface area contributed by atoms with Crippen molar-refractivity contribution in [2.45, 2.75) is 13.5 Å². The van der Waals surface area contributed by atoms with Gasteiger partial charge in [-0.15, -0.1) is 11.3 Å². The number of nitrogens with one attached hydrogen (secondary N) is 1. The van der Waals surface area contributed by atoms with Crippen molar-refractivity contribution in [1.29, 1.82) is 0 Å². The molecule has 0 spiro atoms. The van der Waals surface area contributed by atoms with Crippen molar-refractivity contribution in [3.63, 3.8) is 0 Å². The van der Waals surface area contributed by atoms with E-state index in [9.17, 15) is 0 Å². The Balaban J connectivity index is 2.81. The van der Waals surface area contributed by atoms with Gasteiger partial charge < -0.3 is 5.21 Å². The van der Waals surface area contributed by atoms with Crippen LogP contribution in [-0.4, -0.2) is 5.21 Å². The van der Waals surface area contributed by atoms with Gasteiger partial charge in [-0.3, -0.25) is 0 Å². The number of hydroxylamine groups is 1. The molecule has 0 saturated carbocycles. The fourth-order valence-corrected chi connectivity index (χ4v) is 2.46. The molecule has 1 rings (SSSR count). The smallest absolute Gasteiger partial charge is 0.0563 e. The quantitative estimate of drug-likeness (QED) is 0.752. The Morgan fingerprint density at radius 3 is 2.90 bits per heavy atom. The zero-order valence-electron chi connectivity index (χ0n) is 5.52. The SMILES string of the molecule is Cc1cc(Br)c(CNO)s1. The second-order valence-electron chi connectivity index (χ2n) is 1.96. The van der Waals surface area contributed by atoms with Gasteiger partial charge in [0, 0.05) is 14.2 Å². The second-order valence-corrected chi connectivity index (χ2v) is 4.16. The van der Waals surface area contributed by atoms with Gasteiger partial charge in [0.25, 0.3) is 0 Å². The molecular formula is C6H8BrNOS. The van der Waals surface area contributed by atoms with Crippen molar-refractivity contribution in [2.24, 2.45) is 0 Å². The van der Waals surface area contributed by atoms with Gasteiger partial charge in [-0.25, -0.2) is 5.48 Å². The van der Waals surface area contributed by atoms with E-state index in [0.29, 0.717) is 6.54 Å². The van der Waals surface area contributed by atoms with Crippen molar-refractivity contribution >= 4 is 27.3 Å². The number of halogens is 1. The van der Waals surface area contributed by atoms with Crippen LogP contribution >= 0.6 is 27.3 Å². The standard InChI is InChI=1S/C6H8BrNOS/c1-4-2-5(7)6(10-4)3-8-9/h2,8-9H,3H2,1H3. The third kappa shape index (κ3) is 1.79. The number of rotatable bonds is 2. The molecule has 0 bridgehead atoms. The highest BCUT2D eigenvalue weighted by Crippen LogP contribution is 2.26. The van der Waals surface area contributed by atoms with E-state index in [0.717, 1.165) is 9.35 Å². The molecule has 1 aromatic heterocycles. The summed E-state index contributed by atoms with van der Waals surface area (Å²) in [4.78, 5) is 2.37. The topological polar surface area (TPSA) is 32.3 Å². The lowest BCUT2D eigenvalue weighted by molar-refractivity contribution is 0.162. The zero-order chi connectivity index (χ0) is 7.56. The van der Waals surface area contributed by atoms with E-state index < -0.39 is 0 Å². The summed E-state index contributed by atoms with van der Waals surface area (Å²) in [6, 6.07) is 2.04. The Morgan fingerprint density at radius 2 is 2.50 bits per heavy atom. The van der Waals surface area contributed by atoms with Crippen LogP contribution in [0, 0.1) is 6.92 Å². The normalized spacial score (nSPS) is 10.3. The van der Waals surface area contributed by atoms with Gasteiger partial charge >= 0.3 is 0 Å². The Kier molecular flexibility index (Phi) is 2.85. The predicted octanol–water partition coefficient (Wildman–Crippen LogP) is 2.30. The Bertz CT molecular complexity index is 224. The van der Waals surface area contributed by atoms with Crippen molar-refractivity contribution in [1.82, 2.24) is 5.48 Å². The average molecular weight is 222 g/mol. The van der Waals surface area contributed by atoms with Gasteiger partial charge in [-0.1, -0.05) is 0 Å². The molecular weight excluding hydrogens is 214 g/mol. The number of hydrogen-bond acceptors (Lipinski definition) is 3. The summed E-state index contributed by atoms with van der Waals surface area (Å²) in [6.45, 7) is 2.55. The van der Waals surface area contributed by atoms with Crippen LogP contribution in [0.3, 0.4) is 0 Å². The highest BCUT2D eigenvalue weighted by Gasteiger charge is 2.01. The summed E-state index contributed by atoms with van der Waals surface area (Å²) in [6.07, 6.45) is 0. The molecule has 0 aliphatic heterocycles. The van der Waals surface area contributed by atoms with Crippen LogP contribution < -0.4 is 5.48 Å². The molecule has 0 unspecified atom stereocenters. The molecule has 10 heavy (non-hydrogen) atoms. The van der Waals surface area contributed by atoms with Crippen molar-refractivity contribution in [3.8, 4) is 0 Å². The van der Waals surface area contributed by atoms with E-state index in [-0.39, 0.29) is 0 Å². The molecule has 0 amide bonds. The molecule has 2 N–H and O–H groups in total. The second kappa shape index (κ2) is 3.48. The van der Waals surface area contributed by atoms with E-state index in [1.807, 2.05) is 13.0 Å². The van der Waals surface area contributed by atoms with Crippen LogP contribution in [0.25, 0.3) is 0 Å². The first-order chi connectivity index (χ1) is 4.74. The van der Waals surface area contributed by atoms with Gasteiger partial charge in [0.1, 0.15) is 0 Å². The number of aryl methyl sites for hydroxylation is 1. The largest absolute Gasteiger partial charge is 0.316 e. The van der Waals surface area contributed by atoms with Crippen LogP contribution in [0.2, 0.25) is 0 Å². The minimum Gasteiger partial charge on any atom is -0.316 e. The molecule has 0 aromatic carbocycles. The fourth-order valence-electron chi connectivity index (χ4n) is 0.724. The Hall–Kier alpha value is 0.1000. The highest BCUT2D eigenvalue weighted by molar-refractivity contribution is 9.10. The summed E-state index contributed by atoms with van der Waals surface area (Å²) in [7, 11) is 0. The molecule has 0 atom stereocenters. The van der Waals surface area contributed by atoms with Gasteiger partial charge in [0.15, 0.2) is 0 Å². The molecule has 2 nitrogen and oxygen atoms in total. The summed E-state index contributed by atoms with van der Waals surface area (Å²) in [5.74, 6) is 0. The van der Waals surface area contributed by atoms with Crippen LogP contribution in [0.5, 0.6) is 0 Å². The van der Waals surface area contributed by atoms with E-state index in [4.69, 9.17) is 5.21 Å². The Labute approximate surface area is 72.0 Å². The monoisotopic (exact) mass is 221 g/mol. The maximum absolute atomic E-state index is 8.39. The molecule has 0 aliphatic carbocycles. The lowest BCUT2D eigenvalue weighted by Gasteiger charge is -1.92. The van der Waals surface area contributed by atoms with Gasteiger partial charge in [-0.2, -0.15) is 0 Å². The van der Waals surface area contributed by atoms with Crippen LogP contribution in [0.1, 0.15) is 9.75 Å². The first kappa shape index (κ1) is 8.20.